The number of nitrogens with zero attached hydrogens (tertiary/aromatic N) is 3. The Morgan fingerprint density at radius 3 is 2.39 bits per heavy atom. The minimum absolute atomic E-state index is 0.820. The lowest BCUT2D eigenvalue weighted by Gasteiger charge is -2.25. The van der Waals surface area contributed by atoms with Crippen molar-refractivity contribution in [3.8, 4) is 0 Å². The molecule has 0 amide bonds. The fourth-order valence-corrected chi connectivity index (χ4v) is 3.67. The van der Waals surface area contributed by atoms with E-state index in [1.54, 1.807) is 0 Å². The van der Waals surface area contributed by atoms with Gasteiger partial charge in [-0.25, -0.2) is 4.98 Å². The van der Waals surface area contributed by atoms with Gasteiger partial charge in [0.1, 0.15) is 5.82 Å². The van der Waals surface area contributed by atoms with Gasteiger partial charge in [-0.1, -0.05) is 19.3 Å². The largest absolute Gasteiger partial charge is 0.356 e. The van der Waals surface area contributed by atoms with Gasteiger partial charge in [0.25, 0.3) is 0 Å². The minimum Gasteiger partial charge on any atom is -0.356 e. The van der Waals surface area contributed by atoms with E-state index in [1.807, 2.05) is 7.05 Å². The van der Waals surface area contributed by atoms with Crippen molar-refractivity contribution in [1.29, 1.82) is 0 Å². The molecule has 0 radical (unpaired) electrons. The second-order valence-corrected chi connectivity index (χ2v) is 6.79. The number of anilines is 2. The molecule has 5 nitrogen and oxygen atoms in total. The molecule has 1 aromatic heterocycles. The van der Waals surface area contributed by atoms with Crippen molar-refractivity contribution in [1.82, 2.24) is 15.3 Å². The molecule has 3 rings (SSSR count). The zero-order chi connectivity index (χ0) is 15.9. The van der Waals surface area contributed by atoms with Crippen LogP contribution in [0.2, 0.25) is 0 Å². The van der Waals surface area contributed by atoms with Crippen LogP contribution < -0.4 is 15.5 Å². The van der Waals surface area contributed by atoms with E-state index in [1.165, 1.54) is 62.0 Å². The Labute approximate surface area is 140 Å². The molecule has 0 atom stereocenters. The summed E-state index contributed by atoms with van der Waals surface area (Å²) in [4.78, 5) is 12.3. The average molecular weight is 317 g/mol. The molecule has 23 heavy (non-hydrogen) atoms. The predicted octanol–water partition coefficient (Wildman–Crippen LogP) is 2.76. The van der Waals surface area contributed by atoms with E-state index in [4.69, 9.17) is 9.97 Å². The van der Waals surface area contributed by atoms with Crippen LogP contribution in [0, 0.1) is 0 Å². The molecule has 5 heteroatoms. The molecule has 0 bridgehead atoms. The average Bonchev–Trinajstić information content (AvgIpc) is 2.97. The first-order valence-electron chi connectivity index (χ1n) is 9.41. The highest BCUT2D eigenvalue weighted by atomic mass is 15.2. The molecule has 0 saturated carbocycles. The highest BCUT2D eigenvalue weighted by Gasteiger charge is 2.21. The van der Waals surface area contributed by atoms with Gasteiger partial charge in [0.15, 0.2) is 0 Å². The van der Waals surface area contributed by atoms with E-state index in [9.17, 15) is 0 Å². The summed E-state index contributed by atoms with van der Waals surface area (Å²) in [5.74, 6) is 2.05. The van der Waals surface area contributed by atoms with Gasteiger partial charge in [-0.15, -0.1) is 0 Å². The van der Waals surface area contributed by atoms with E-state index in [0.29, 0.717) is 0 Å². The molecule has 1 aromatic rings. The van der Waals surface area contributed by atoms with Gasteiger partial charge < -0.3 is 15.5 Å². The Morgan fingerprint density at radius 2 is 1.61 bits per heavy atom. The van der Waals surface area contributed by atoms with Crippen molar-refractivity contribution in [3.63, 3.8) is 0 Å². The van der Waals surface area contributed by atoms with E-state index in [2.05, 4.69) is 15.5 Å². The van der Waals surface area contributed by atoms with Crippen LogP contribution >= 0.6 is 0 Å². The van der Waals surface area contributed by atoms with Crippen LogP contribution in [-0.4, -0.2) is 43.2 Å². The molecule has 128 valence electrons. The van der Waals surface area contributed by atoms with E-state index in [-0.39, 0.29) is 0 Å². The van der Waals surface area contributed by atoms with E-state index in [0.717, 1.165) is 45.0 Å². The summed E-state index contributed by atoms with van der Waals surface area (Å²) in [6, 6.07) is 0. The minimum atomic E-state index is 0.820. The van der Waals surface area contributed by atoms with Gasteiger partial charge in [0.05, 0.1) is 5.69 Å². The van der Waals surface area contributed by atoms with Gasteiger partial charge in [-0.05, 0) is 45.6 Å². The quantitative estimate of drug-likeness (QED) is 0.646. The Hall–Kier alpha value is -1.36. The SMILES string of the molecule is CNCCNc1nc2c(c(N3CCCCCC3)n1)CCCCC2. The lowest BCUT2D eigenvalue weighted by molar-refractivity contribution is 0.707. The number of fused-ring (bicyclic) bond motifs is 1. The first-order chi connectivity index (χ1) is 11.4. The van der Waals surface area contributed by atoms with Crippen LogP contribution in [0.1, 0.15) is 56.2 Å². The molecule has 2 N–H and O–H groups in total. The second-order valence-electron chi connectivity index (χ2n) is 6.79. The number of rotatable bonds is 5. The number of nitrogens with one attached hydrogen (secondary N) is 2. The molecule has 1 saturated heterocycles. The van der Waals surface area contributed by atoms with Crippen LogP contribution in [0.5, 0.6) is 0 Å². The molecule has 1 fully saturated rings. The maximum absolute atomic E-state index is 4.94. The lowest BCUT2D eigenvalue weighted by atomic mass is 10.1. The Balaban J connectivity index is 1.88. The molecule has 1 aliphatic heterocycles. The summed E-state index contributed by atoms with van der Waals surface area (Å²) >= 11 is 0. The van der Waals surface area contributed by atoms with Gasteiger partial charge >= 0.3 is 0 Å². The van der Waals surface area contributed by atoms with Crippen molar-refractivity contribution < 1.29 is 0 Å². The van der Waals surface area contributed by atoms with Crippen molar-refractivity contribution >= 4 is 11.8 Å². The third kappa shape index (κ3) is 4.34. The summed E-state index contributed by atoms with van der Waals surface area (Å²) in [5, 5.41) is 6.57. The Kier molecular flexibility index (Phi) is 6.08. The van der Waals surface area contributed by atoms with Gasteiger partial charge in [-0.2, -0.15) is 4.98 Å². The molecule has 2 aliphatic rings. The Morgan fingerprint density at radius 1 is 0.870 bits per heavy atom. The fraction of sp³-hybridized carbons (Fsp3) is 0.778. The third-order valence-corrected chi connectivity index (χ3v) is 4.97. The molecule has 0 unspecified atom stereocenters. The number of hydrogen-bond acceptors (Lipinski definition) is 5. The van der Waals surface area contributed by atoms with E-state index < -0.39 is 0 Å². The fourth-order valence-electron chi connectivity index (χ4n) is 3.67. The summed E-state index contributed by atoms with van der Waals surface area (Å²) in [6.45, 7) is 4.10. The number of hydrogen-bond donors (Lipinski definition) is 2. The maximum atomic E-state index is 4.94. The second kappa shape index (κ2) is 8.48. The van der Waals surface area contributed by atoms with Gasteiger partial charge in [-0.3, -0.25) is 0 Å². The Bertz CT molecular complexity index is 494. The monoisotopic (exact) mass is 317 g/mol. The molecular formula is C18H31N5. The predicted molar refractivity (Wildman–Crippen MR) is 96.4 cm³/mol. The summed E-state index contributed by atoms with van der Waals surface area (Å²) in [5.41, 5.74) is 2.73. The molecule has 0 spiro atoms. The van der Waals surface area contributed by atoms with Crippen LogP contribution in [0.25, 0.3) is 0 Å². The molecular weight excluding hydrogens is 286 g/mol. The highest BCUT2D eigenvalue weighted by Crippen LogP contribution is 2.30. The van der Waals surface area contributed by atoms with Crippen molar-refractivity contribution in [2.45, 2.75) is 57.8 Å². The summed E-state index contributed by atoms with van der Waals surface area (Å²) in [6.07, 6.45) is 11.4. The molecule has 2 heterocycles. The van der Waals surface area contributed by atoms with Crippen molar-refractivity contribution in [3.05, 3.63) is 11.3 Å². The molecule has 0 aromatic carbocycles. The summed E-state index contributed by atoms with van der Waals surface area (Å²) in [7, 11) is 1.97. The van der Waals surface area contributed by atoms with Crippen LogP contribution in [0.4, 0.5) is 11.8 Å². The summed E-state index contributed by atoms with van der Waals surface area (Å²) < 4.78 is 0. The van der Waals surface area contributed by atoms with Crippen LogP contribution in [0.3, 0.4) is 0 Å². The first-order valence-corrected chi connectivity index (χ1v) is 9.41. The normalized spacial score (nSPS) is 18.9. The highest BCUT2D eigenvalue weighted by molar-refractivity contribution is 5.53. The number of likely N-dealkylation sites (N-methyl/N-ethyl adjacent to an activating group) is 1. The van der Waals surface area contributed by atoms with Crippen molar-refractivity contribution in [2.75, 3.05) is 43.4 Å². The number of aromatic nitrogens is 2. The molecule has 1 aliphatic carbocycles. The van der Waals surface area contributed by atoms with Gasteiger partial charge in [0.2, 0.25) is 5.95 Å². The van der Waals surface area contributed by atoms with Crippen LogP contribution in [0.15, 0.2) is 0 Å². The third-order valence-electron chi connectivity index (χ3n) is 4.97. The van der Waals surface area contributed by atoms with Gasteiger partial charge in [0, 0.05) is 31.7 Å². The standard InChI is InChI=1S/C18H31N5/c1-19-11-12-20-18-21-16-10-6-4-5-9-15(16)17(22-18)23-13-7-2-3-8-14-23/h19H,2-14H2,1H3,(H,20,21,22). The maximum Gasteiger partial charge on any atom is 0.224 e. The number of aryl methyl sites for hydroxylation is 1. The smallest absolute Gasteiger partial charge is 0.224 e. The van der Waals surface area contributed by atoms with Crippen molar-refractivity contribution in [2.24, 2.45) is 0 Å². The zero-order valence-corrected chi connectivity index (χ0v) is 14.5. The van der Waals surface area contributed by atoms with E-state index >= 15 is 0 Å². The first kappa shape index (κ1) is 16.5. The zero-order valence-electron chi connectivity index (χ0n) is 14.5. The van der Waals surface area contributed by atoms with Crippen LogP contribution in [-0.2, 0) is 12.8 Å². The lowest BCUT2D eigenvalue weighted by Crippen LogP contribution is -2.28. The topological polar surface area (TPSA) is 53.1 Å².